The van der Waals surface area contributed by atoms with E-state index in [0.29, 0.717) is 12.1 Å². The highest BCUT2D eigenvalue weighted by Crippen LogP contribution is 2.30. The third-order valence-corrected chi connectivity index (χ3v) is 5.85. The van der Waals surface area contributed by atoms with Gasteiger partial charge in [0.05, 0.1) is 35.7 Å². The largest absolute Gasteiger partial charge is 0.378 e. The smallest absolute Gasteiger partial charge is 0.185 e. The Morgan fingerprint density at radius 3 is 2.82 bits per heavy atom. The first-order chi connectivity index (χ1) is 10.7. The Morgan fingerprint density at radius 1 is 1.23 bits per heavy atom. The van der Waals surface area contributed by atoms with Crippen LogP contribution >= 0.6 is 11.3 Å². The number of hydrogen-bond donors (Lipinski definition) is 1. The standard InChI is InChI=1S/C15H23N5OS/c1-10-13-14(19(2)18-10)17-15(22-13)16-11-8-21-9-12(11)20-6-4-3-5-7-20/h11-12H,3-9H2,1-2H3,(H,16,17)/t11-,12-/m1/s1. The zero-order chi connectivity index (χ0) is 15.1. The van der Waals surface area contributed by atoms with Crippen LogP contribution in [-0.4, -0.2) is 58.1 Å². The summed E-state index contributed by atoms with van der Waals surface area (Å²) in [5.74, 6) is 0. The van der Waals surface area contributed by atoms with Crippen molar-refractivity contribution in [3.8, 4) is 0 Å². The predicted octanol–water partition coefficient (Wildman–Crippen LogP) is 2.00. The summed E-state index contributed by atoms with van der Waals surface area (Å²) in [6, 6.07) is 0.818. The van der Waals surface area contributed by atoms with E-state index in [4.69, 9.17) is 9.72 Å². The van der Waals surface area contributed by atoms with Crippen molar-refractivity contribution in [2.75, 3.05) is 31.6 Å². The number of nitrogens with zero attached hydrogens (tertiary/aromatic N) is 4. The van der Waals surface area contributed by atoms with Gasteiger partial charge in [-0.05, 0) is 32.9 Å². The van der Waals surface area contributed by atoms with E-state index in [2.05, 4.69) is 15.3 Å². The number of piperidine rings is 1. The van der Waals surface area contributed by atoms with Gasteiger partial charge in [-0.25, -0.2) is 9.67 Å². The third-order valence-electron chi connectivity index (χ3n) is 4.76. The maximum Gasteiger partial charge on any atom is 0.185 e. The summed E-state index contributed by atoms with van der Waals surface area (Å²) >= 11 is 1.70. The SMILES string of the molecule is Cc1nn(C)c2nc(N[C@@H]3COC[C@H]3N3CCCCC3)sc12. The molecule has 0 radical (unpaired) electrons. The molecule has 4 rings (SSSR count). The summed E-state index contributed by atoms with van der Waals surface area (Å²) in [6.45, 7) is 6.06. The second-order valence-corrected chi connectivity index (χ2v) is 7.33. The lowest BCUT2D eigenvalue weighted by molar-refractivity contribution is 0.127. The van der Waals surface area contributed by atoms with Crippen LogP contribution < -0.4 is 5.32 Å². The van der Waals surface area contributed by atoms with Crippen LogP contribution in [-0.2, 0) is 11.8 Å². The van der Waals surface area contributed by atoms with Crippen LogP contribution in [0.4, 0.5) is 5.13 Å². The molecule has 2 aliphatic rings. The molecule has 4 heterocycles. The average molecular weight is 321 g/mol. The number of nitrogens with one attached hydrogen (secondary N) is 1. The number of aromatic nitrogens is 3. The minimum Gasteiger partial charge on any atom is -0.378 e. The quantitative estimate of drug-likeness (QED) is 0.937. The third kappa shape index (κ3) is 2.51. The number of fused-ring (bicyclic) bond motifs is 1. The van der Waals surface area contributed by atoms with Crippen LogP contribution in [0.3, 0.4) is 0 Å². The van der Waals surface area contributed by atoms with E-state index in [-0.39, 0.29) is 0 Å². The number of likely N-dealkylation sites (tertiary alicyclic amines) is 1. The fraction of sp³-hybridized carbons (Fsp3) is 0.733. The number of hydrogen-bond acceptors (Lipinski definition) is 6. The topological polar surface area (TPSA) is 55.2 Å². The van der Waals surface area contributed by atoms with Gasteiger partial charge in [-0.15, -0.1) is 0 Å². The Kier molecular flexibility index (Phi) is 3.79. The second kappa shape index (κ2) is 5.79. The van der Waals surface area contributed by atoms with E-state index in [0.717, 1.165) is 29.7 Å². The summed E-state index contributed by atoms with van der Waals surface area (Å²) in [7, 11) is 1.95. The first-order valence-electron chi connectivity index (χ1n) is 8.11. The summed E-state index contributed by atoms with van der Waals surface area (Å²) in [4.78, 5) is 7.30. The molecule has 2 fully saturated rings. The van der Waals surface area contributed by atoms with Crippen molar-refractivity contribution < 1.29 is 4.74 Å². The normalized spacial score (nSPS) is 26.8. The number of ether oxygens (including phenoxy) is 1. The van der Waals surface area contributed by atoms with E-state index in [1.807, 2.05) is 18.7 Å². The Morgan fingerprint density at radius 2 is 2.05 bits per heavy atom. The summed E-state index contributed by atoms with van der Waals surface area (Å²) in [5.41, 5.74) is 2.02. The van der Waals surface area contributed by atoms with E-state index >= 15 is 0 Å². The molecule has 0 aliphatic carbocycles. The van der Waals surface area contributed by atoms with Gasteiger partial charge in [-0.2, -0.15) is 5.10 Å². The molecule has 0 bridgehead atoms. The van der Waals surface area contributed by atoms with Crippen LogP contribution in [0.1, 0.15) is 25.0 Å². The van der Waals surface area contributed by atoms with Crippen molar-refractivity contribution >= 4 is 26.8 Å². The van der Waals surface area contributed by atoms with Crippen molar-refractivity contribution in [2.24, 2.45) is 7.05 Å². The predicted molar refractivity (Wildman–Crippen MR) is 88.6 cm³/mol. The van der Waals surface area contributed by atoms with Crippen molar-refractivity contribution in [3.05, 3.63) is 5.69 Å². The fourth-order valence-corrected chi connectivity index (χ4v) is 4.59. The lowest BCUT2D eigenvalue weighted by Crippen LogP contribution is -2.48. The van der Waals surface area contributed by atoms with Crippen LogP contribution in [0, 0.1) is 6.92 Å². The van der Waals surface area contributed by atoms with Crippen LogP contribution in [0.25, 0.3) is 10.3 Å². The molecule has 2 atom stereocenters. The zero-order valence-electron chi connectivity index (χ0n) is 13.2. The summed E-state index contributed by atoms with van der Waals surface area (Å²) < 4.78 is 8.79. The van der Waals surface area contributed by atoms with Crippen molar-refractivity contribution in [1.82, 2.24) is 19.7 Å². The molecule has 2 saturated heterocycles. The molecule has 0 aromatic carbocycles. The maximum absolute atomic E-state index is 5.75. The van der Waals surface area contributed by atoms with Gasteiger partial charge in [0.25, 0.3) is 0 Å². The lowest BCUT2D eigenvalue weighted by atomic mass is 10.1. The molecule has 7 heteroatoms. The molecule has 6 nitrogen and oxygen atoms in total. The Balaban J connectivity index is 1.51. The van der Waals surface area contributed by atoms with Crippen LogP contribution in [0.15, 0.2) is 0 Å². The van der Waals surface area contributed by atoms with Crippen molar-refractivity contribution in [2.45, 2.75) is 38.3 Å². The molecule has 22 heavy (non-hydrogen) atoms. The van der Waals surface area contributed by atoms with E-state index in [1.54, 1.807) is 11.3 Å². The molecule has 0 spiro atoms. The summed E-state index contributed by atoms with van der Waals surface area (Å²) in [6.07, 6.45) is 4.00. The van der Waals surface area contributed by atoms with Gasteiger partial charge in [0.15, 0.2) is 10.8 Å². The second-order valence-electron chi connectivity index (χ2n) is 6.33. The fourth-order valence-electron chi connectivity index (χ4n) is 3.60. The number of anilines is 1. The number of rotatable bonds is 3. The number of aryl methyl sites for hydroxylation is 2. The highest BCUT2D eigenvalue weighted by atomic mass is 32.1. The molecular weight excluding hydrogens is 298 g/mol. The minimum atomic E-state index is 0.340. The van der Waals surface area contributed by atoms with E-state index in [1.165, 1.54) is 37.1 Å². The van der Waals surface area contributed by atoms with Gasteiger partial charge < -0.3 is 10.1 Å². The first-order valence-corrected chi connectivity index (χ1v) is 8.92. The maximum atomic E-state index is 5.75. The zero-order valence-corrected chi connectivity index (χ0v) is 14.0. The minimum absolute atomic E-state index is 0.340. The molecule has 0 saturated carbocycles. The van der Waals surface area contributed by atoms with Gasteiger partial charge >= 0.3 is 0 Å². The Hall–Kier alpha value is -1.18. The lowest BCUT2D eigenvalue weighted by Gasteiger charge is -2.34. The highest BCUT2D eigenvalue weighted by Gasteiger charge is 2.34. The average Bonchev–Trinajstić information content (AvgIpc) is 3.20. The first kappa shape index (κ1) is 14.4. The van der Waals surface area contributed by atoms with Gasteiger partial charge in [-0.1, -0.05) is 17.8 Å². The van der Waals surface area contributed by atoms with E-state index in [9.17, 15) is 0 Å². The molecule has 1 N–H and O–H groups in total. The Labute approximate surface area is 134 Å². The van der Waals surface area contributed by atoms with E-state index < -0.39 is 0 Å². The van der Waals surface area contributed by atoms with Gasteiger partial charge in [-0.3, -0.25) is 4.90 Å². The molecule has 0 amide bonds. The van der Waals surface area contributed by atoms with Crippen molar-refractivity contribution in [1.29, 1.82) is 0 Å². The summed E-state index contributed by atoms with van der Waals surface area (Å²) in [5, 5.41) is 9.02. The van der Waals surface area contributed by atoms with Gasteiger partial charge in [0.1, 0.15) is 0 Å². The monoisotopic (exact) mass is 321 g/mol. The molecular formula is C15H23N5OS. The molecule has 2 aromatic heterocycles. The molecule has 2 aromatic rings. The van der Waals surface area contributed by atoms with Gasteiger partial charge in [0, 0.05) is 7.05 Å². The molecule has 0 unspecified atom stereocenters. The van der Waals surface area contributed by atoms with Crippen molar-refractivity contribution in [3.63, 3.8) is 0 Å². The highest BCUT2D eigenvalue weighted by molar-refractivity contribution is 7.22. The van der Waals surface area contributed by atoms with Gasteiger partial charge in [0.2, 0.25) is 0 Å². The molecule has 120 valence electrons. The van der Waals surface area contributed by atoms with Crippen LogP contribution in [0.2, 0.25) is 0 Å². The number of thiazole rings is 1. The van der Waals surface area contributed by atoms with Crippen LogP contribution in [0.5, 0.6) is 0 Å². The molecule has 2 aliphatic heterocycles. The Bertz CT molecular complexity index is 626.